The molecule has 0 amide bonds. The highest BCUT2D eigenvalue weighted by Crippen LogP contribution is 2.32. The summed E-state index contributed by atoms with van der Waals surface area (Å²) in [6, 6.07) is 7.74. The standard InChI is InChI=1S/C14H23NO2S/c1-14(2,3)13(15)12(9-16)18-11-7-5-6-10(8-11)17-4/h5-8,12-13,16H,9,15H2,1-4H3. The highest BCUT2D eigenvalue weighted by molar-refractivity contribution is 8.00. The molecule has 0 spiro atoms. The molecule has 102 valence electrons. The molecule has 2 unspecified atom stereocenters. The zero-order valence-corrected chi connectivity index (χ0v) is 12.3. The Morgan fingerprint density at radius 1 is 1.39 bits per heavy atom. The molecular formula is C14H23NO2S. The summed E-state index contributed by atoms with van der Waals surface area (Å²) in [7, 11) is 1.65. The summed E-state index contributed by atoms with van der Waals surface area (Å²) in [6.45, 7) is 6.34. The fourth-order valence-corrected chi connectivity index (χ4v) is 2.95. The van der Waals surface area contributed by atoms with Crippen molar-refractivity contribution in [3.05, 3.63) is 24.3 Å². The smallest absolute Gasteiger partial charge is 0.119 e. The summed E-state index contributed by atoms with van der Waals surface area (Å²) in [5.41, 5.74) is 6.18. The van der Waals surface area contributed by atoms with E-state index >= 15 is 0 Å². The van der Waals surface area contributed by atoms with Crippen LogP contribution in [0, 0.1) is 5.41 Å². The zero-order chi connectivity index (χ0) is 13.8. The fourth-order valence-electron chi connectivity index (χ4n) is 1.63. The van der Waals surface area contributed by atoms with Gasteiger partial charge in [0.2, 0.25) is 0 Å². The number of rotatable bonds is 5. The van der Waals surface area contributed by atoms with E-state index in [0.29, 0.717) is 0 Å². The van der Waals surface area contributed by atoms with Crippen LogP contribution in [0.25, 0.3) is 0 Å². The Kier molecular flexibility index (Phi) is 5.50. The van der Waals surface area contributed by atoms with Crippen LogP contribution in [-0.2, 0) is 0 Å². The van der Waals surface area contributed by atoms with Crippen molar-refractivity contribution in [2.45, 2.75) is 37.0 Å². The van der Waals surface area contributed by atoms with Gasteiger partial charge in [-0.2, -0.15) is 0 Å². The summed E-state index contributed by atoms with van der Waals surface area (Å²) in [4.78, 5) is 1.06. The highest BCUT2D eigenvalue weighted by atomic mass is 32.2. The van der Waals surface area contributed by atoms with Crippen LogP contribution in [0.15, 0.2) is 29.2 Å². The van der Waals surface area contributed by atoms with Crippen molar-refractivity contribution in [3.8, 4) is 5.75 Å². The maximum Gasteiger partial charge on any atom is 0.119 e. The number of aliphatic hydroxyl groups excluding tert-OH is 1. The summed E-state index contributed by atoms with van der Waals surface area (Å²) in [5.74, 6) is 0.820. The predicted octanol–water partition coefficient (Wildman–Crippen LogP) is 2.52. The van der Waals surface area contributed by atoms with Gasteiger partial charge in [-0.15, -0.1) is 11.8 Å². The van der Waals surface area contributed by atoms with E-state index in [0.717, 1.165) is 10.6 Å². The predicted molar refractivity (Wildman–Crippen MR) is 77.2 cm³/mol. The maximum absolute atomic E-state index is 9.52. The molecule has 0 heterocycles. The Balaban J connectivity index is 2.79. The van der Waals surface area contributed by atoms with Gasteiger partial charge in [-0.3, -0.25) is 0 Å². The topological polar surface area (TPSA) is 55.5 Å². The first kappa shape index (κ1) is 15.3. The third-order valence-electron chi connectivity index (χ3n) is 2.91. The monoisotopic (exact) mass is 269 g/mol. The van der Waals surface area contributed by atoms with Crippen LogP contribution in [0.2, 0.25) is 0 Å². The second-order valence-corrected chi connectivity index (χ2v) is 6.72. The van der Waals surface area contributed by atoms with Crippen LogP contribution >= 0.6 is 11.8 Å². The van der Waals surface area contributed by atoms with E-state index in [4.69, 9.17) is 10.5 Å². The largest absolute Gasteiger partial charge is 0.497 e. The molecule has 3 N–H and O–H groups in total. The molecule has 3 nitrogen and oxygen atoms in total. The van der Waals surface area contributed by atoms with E-state index in [1.54, 1.807) is 18.9 Å². The molecule has 0 aliphatic rings. The molecule has 4 heteroatoms. The Morgan fingerprint density at radius 2 is 2.06 bits per heavy atom. The molecule has 0 aliphatic carbocycles. The third kappa shape index (κ3) is 4.19. The minimum atomic E-state index is -0.0706. The minimum Gasteiger partial charge on any atom is -0.497 e. The van der Waals surface area contributed by atoms with Gasteiger partial charge in [-0.25, -0.2) is 0 Å². The summed E-state index contributed by atoms with van der Waals surface area (Å²) in [6.07, 6.45) is 0. The van der Waals surface area contributed by atoms with Crippen molar-refractivity contribution in [1.82, 2.24) is 0 Å². The second kappa shape index (κ2) is 6.45. The Hall–Kier alpha value is -0.710. The van der Waals surface area contributed by atoms with Crippen LogP contribution in [0.4, 0.5) is 0 Å². The Bertz CT molecular complexity index is 376. The molecule has 0 bridgehead atoms. The van der Waals surface area contributed by atoms with Gasteiger partial charge in [-0.1, -0.05) is 26.8 Å². The van der Waals surface area contributed by atoms with Crippen LogP contribution < -0.4 is 10.5 Å². The number of hydrogen-bond donors (Lipinski definition) is 2. The molecule has 0 aromatic heterocycles. The number of aliphatic hydroxyl groups is 1. The van der Waals surface area contributed by atoms with Crippen LogP contribution in [-0.4, -0.2) is 30.1 Å². The van der Waals surface area contributed by atoms with Crippen molar-refractivity contribution < 1.29 is 9.84 Å². The summed E-state index contributed by atoms with van der Waals surface area (Å²) in [5, 5.41) is 9.50. The Labute approximate surface area is 114 Å². The molecule has 1 aromatic rings. The van der Waals surface area contributed by atoms with Crippen LogP contribution in [0.5, 0.6) is 5.75 Å². The van der Waals surface area contributed by atoms with E-state index < -0.39 is 0 Å². The highest BCUT2D eigenvalue weighted by Gasteiger charge is 2.29. The molecule has 1 aromatic carbocycles. The van der Waals surface area contributed by atoms with Crippen molar-refractivity contribution in [3.63, 3.8) is 0 Å². The first-order valence-electron chi connectivity index (χ1n) is 6.05. The molecule has 2 atom stereocenters. The van der Waals surface area contributed by atoms with Gasteiger partial charge in [-0.05, 0) is 23.6 Å². The number of ether oxygens (including phenoxy) is 1. The lowest BCUT2D eigenvalue weighted by atomic mass is 9.85. The average molecular weight is 269 g/mol. The van der Waals surface area contributed by atoms with Crippen molar-refractivity contribution in [2.75, 3.05) is 13.7 Å². The number of hydrogen-bond acceptors (Lipinski definition) is 4. The van der Waals surface area contributed by atoms with Gasteiger partial charge in [0.1, 0.15) is 5.75 Å². The molecule has 0 saturated heterocycles. The maximum atomic E-state index is 9.52. The first-order chi connectivity index (χ1) is 8.38. The van der Waals surface area contributed by atoms with Crippen molar-refractivity contribution >= 4 is 11.8 Å². The molecule has 0 saturated carbocycles. The van der Waals surface area contributed by atoms with E-state index in [2.05, 4.69) is 20.8 Å². The van der Waals surface area contributed by atoms with Gasteiger partial charge in [0.25, 0.3) is 0 Å². The quantitative estimate of drug-likeness (QED) is 0.807. The van der Waals surface area contributed by atoms with Gasteiger partial charge < -0.3 is 15.6 Å². The Morgan fingerprint density at radius 3 is 2.56 bits per heavy atom. The number of methoxy groups -OCH3 is 1. The lowest BCUT2D eigenvalue weighted by Gasteiger charge is -2.32. The average Bonchev–Trinajstić information content (AvgIpc) is 2.34. The van der Waals surface area contributed by atoms with Crippen molar-refractivity contribution in [2.24, 2.45) is 11.1 Å². The number of benzene rings is 1. The lowest BCUT2D eigenvalue weighted by molar-refractivity contribution is 0.233. The minimum absolute atomic E-state index is 0.0166. The number of nitrogens with two attached hydrogens (primary N) is 1. The first-order valence-corrected chi connectivity index (χ1v) is 6.93. The molecule has 0 aliphatic heterocycles. The zero-order valence-electron chi connectivity index (χ0n) is 11.5. The van der Waals surface area contributed by atoms with Crippen LogP contribution in [0.1, 0.15) is 20.8 Å². The van der Waals surface area contributed by atoms with Gasteiger partial charge in [0.05, 0.1) is 13.7 Å². The van der Waals surface area contributed by atoms with E-state index in [-0.39, 0.29) is 23.3 Å². The number of thioether (sulfide) groups is 1. The van der Waals surface area contributed by atoms with E-state index in [1.165, 1.54) is 0 Å². The van der Waals surface area contributed by atoms with E-state index in [9.17, 15) is 5.11 Å². The van der Waals surface area contributed by atoms with Crippen LogP contribution in [0.3, 0.4) is 0 Å². The molecule has 1 rings (SSSR count). The molecule has 18 heavy (non-hydrogen) atoms. The SMILES string of the molecule is COc1cccc(SC(CO)C(N)C(C)(C)C)c1. The van der Waals surface area contributed by atoms with Gasteiger partial charge >= 0.3 is 0 Å². The molecule has 0 fully saturated rings. The molecule has 0 radical (unpaired) electrons. The second-order valence-electron chi connectivity index (χ2n) is 5.41. The third-order valence-corrected chi connectivity index (χ3v) is 4.18. The van der Waals surface area contributed by atoms with E-state index in [1.807, 2.05) is 24.3 Å². The normalized spacial score (nSPS) is 15.2. The van der Waals surface area contributed by atoms with Gasteiger partial charge in [0.15, 0.2) is 0 Å². The van der Waals surface area contributed by atoms with Gasteiger partial charge in [0, 0.05) is 16.2 Å². The fraction of sp³-hybridized carbons (Fsp3) is 0.571. The van der Waals surface area contributed by atoms with Crippen molar-refractivity contribution in [1.29, 1.82) is 0 Å². The molecular weight excluding hydrogens is 246 g/mol. The summed E-state index contributed by atoms with van der Waals surface area (Å²) < 4.78 is 5.19. The summed E-state index contributed by atoms with van der Waals surface area (Å²) >= 11 is 1.60. The lowest BCUT2D eigenvalue weighted by Crippen LogP contribution is -2.45.